The van der Waals surface area contributed by atoms with Crippen LogP contribution in [0.4, 0.5) is 5.95 Å². The summed E-state index contributed by atoms with van der Waals surface area (Å²) in [6.45, 7) is 0.964. The molecule has 1 aliphatic heterocycles. The van der Waals surface area contributed by atoms with Gasteiger partial charge in [-0.25, -0.2) is 19.9 Å². The maximum Gasteiger partial charge on any atom is 0.225 e. The second kappa shape index (κ2) is 5.55. The Morgan fingerprint density at radius 2 is 1.95 bits per heavy atom. The maximum absolute atomic E-state index is 4.80. The number of nitrogens with zero attached hydrogens (tertiary/aromatic N) is 6. The van der Waals surface area contributed by atoms with Crippen molar-refractivity contribution in [1.29, 1.82) is 0 Å². The van der Waals surface area contributed by atoms with Crippen molar-refractivity contribution in [3.8, 4) is 5.82 Å². The van der Waals surface area contributed by atoms with Crippen LogP contribution in [-0.4, -0.2) is 31.0 Å². The maximum atomic E-state index is 4.80. The number of rotatable bonds is 3. The minimum Gasteiger partial charge on any atom is -0.332 e. The molecule has 0 aliphatic carbocycles. The van der Waals surface area contributed by atoms with E-state index in [1.54, 1.807) is 24.9 Å². The third kappa shape index (κ3) is 2.32. The normalized spacial score (nSPS) is 17.8. The van der Waals surface area contributed by atoms with Crippen LogP contribution in [0.3, 0.4) is 0 Å². The van der Waals surface area contributed by atoms with Crippen LogP contribution in [0.25, 0.3) is 5.82 Å². The fourth-order valence-electron chi connectivity index (χ4n) is 2.92. The van der Waals surface area contributed by atoms with Crippen molar-refractivity contribution in [1.82, 2.24) is 24.5 Å². The molecule has 4 heterocycles. The number of imidazole rings is 1. The third-order valence-electron chi connectivity index (χ3n) is 3.93. The Kier molecular flexibility index (Phi) is 3.27. The molecule has 0 saturated carbocycles. The molecule has 1 atom stereocenters. The lowest BCUT2D eigenvalue weighted by Gasteiger charge is -2.24. The van der Waals surface area contributed by atoms with Gasteiger partial charge in [0.1, 0.15) is 12.1 Å². The highest BCUT2D eigenvalue weighted by atomic mass is 15.3. The standard InChI is InChI=1S/C16H16N6/c1-4-13(20-15(6-1)21-11-9-17-12-21)14-5-2-10-22(14)16-18-7-3-8-19-16/h1,3-4,6-9,11-12,14H,2,5,10H2/t14-/m1/s1. The van der Waals surface area contributed by atoms with Crippen LogP contribution in [0.15, 0.2) is 55.4 Å². The van der Waals surface area contributed by atoms with Crippen LogP contribution in [-0.2, 0) is 0 Å². The average Bonchev–Trinajstić information content (AvgIpc) is 3.27. The Morgan fingerprint density at radius 3 is 2.77 bits per heavy atom. The fourth-order valence-corrected chi connectivity index (χ4v) is 2.92. The Labute approximate surface area is 128 Å². The second-order valence-corrected chi connectivity index (χ2v) is 5.29. The average molecular weight is 292 g/mol. The zero-order valence-electron chi connectivity index (χ0n) is 12.1. The van der Waals surface area contributed by atoms with Gasteiger partial charge in [0, 0.05) is 31.3 Å². The first kappa shape index (κ1) is 12.9. The van der Waals surface area contributed by atoms with Gasteiger partial charge in [-0.2, -0.15) is 0 Å². The molecular formula is C16H16N6. The van der Waals surface area contributed by atoms with Gasteiger partial charge < -0.3 is 4.90 Å². The summed E-state index contributed by atoms with van der Waals surface area (Å²) < 4.78 is 1.92. The van der Waals surface area contributed by atoms with E-state index >= 15 is 0 Å². The van der Waals surface area contributed by atoms with Crippen molar-refractivity contribution >= 4 is 5.95 Å². The molecule has 3 aromatic heterocycles. The summed E-state index contributed by atoms with van der Waals surface area (Å²) in [5.74, 6) is 1.66. The van der Waals surface area contributed by atoms with Crippen molar-refractivity contribution in [3.63, 3.8) is 0 Å². The Bertz CT molecular complexity index is 740. The molecule has 22 heavy (non-hydrogen) atoms. The minimum absolute atomic E-state index is 0.228. The third-order valence-corrected chi connectivity index (χ3v) is 3.93. The van der Waals surface area contributed by atoms with E-state index in [0.29, 0.717) is 0 Å². The Hall–Kier alpha value is -2.76. The summed E-state index contributed by atoms with van der Waals surface area (Å²) in [7, 11) is 0. The van der Waals surface area contributed by atoms with Crippen molar-refractivity contribution < 1.29 is 0 Å². The molecule has 4 rings (SSSR count). The lowest BCUT2D eigenvalue weighted by molar-refractivity contribution is 0.676. The van der Waals surface area contributed by atoms with E-state index in [0.717, 1.165) is 36.8 Å². The van der Waals surface area contributed by atoms with Crippen LogP contribution in [0.1, 0.15) is 24.6 Å². The number of anilines is 1. The predicted molar refractivity (Wildman–Crippen MR) is 82.7 cm³/mol. The minimum atomic E-state index is 0.228. The molecular weight excluding hydrogens is 276 g/mol. The zero-order valence-corrected chi connectivity index (χ0v) is 12.1. The molecule has 0 unspecified atom stereocenters. The molecule has 0 N–H and O–H groups in total. The lowest BCUT2D eigenvalue weighted by atomic mass is 10.1. The van der Waals surface area contributed by atoms with E-state index < -0.39 is 0 Å². The summed E-state index contributed by atoms with van der Waals surface area (Å²) in [4.78, 5) is 19.9. The fraction of sp³-hybridized carbons (Fsp3) is 0.250. The summed E-state index contributed by atoms with van der Waals surface area (Å²) in [6.07, 6.45) is 11.2. The number of aromatic nitrogens is 5. The first-order chi connectivity index (χ1) is 10.9. The number of hydrogen-bond donors (Lipinski definition) is 0. The van der Waals surface area contributed by atoms with Crippen molar-refractivity contribution in [2.45, 2.75) is 18.9 Å². The van der Waals surface area contributed by atoms with Gasteiger partial charge in [-0.1, -0.05) is 6.07 Å². The summed E-state index contributed by atoms with van der Waals surface area (Å²) in [5.41, 5.74) is 1.05. The van der Waals surface area contributed by atoms with E-state index in [1.165, 1.54) is 0 Å². The molecule has 6 heteroatoms. The van der Waals surface area contributed by atoms with Gasteiger partial charge in [-0.3, -0.25) is 4.57 Å². The van der Waals surface area contributed by atoms with Gasteiger partial charge in [0.25, 0.3) is 0 Å². The van der Waals surface area contributed by atoms with Gasteiger partial charge in [-0.15, -0.1) is 0 Å². The van der Waals surface area contributed by atoms with Gasteiger partial charge in [-0.05, 0) is 31.0 Å². The lowest BCUT2D eigenvalue weighted by Crippen LogP contribution is -2.25. The summed E-state index contributed by atoms with van der Waals surface area (Å²) in [6, 6.07) is 8.17. The highest BCUT2D eigenvalue weighted by Crippen LogP contribution is 2.33. The van der Waals surface area contributed by atoms with E-state index in [4.69, 9.17) is 4.98 Å². The van der Waals surface area contributed by atoms with Gasteiger partial charge in [0.2, 0.25) is 5.95 Å². The highest BCUT2D eigenvalue weighted by molar-refractivity contribution is 5.37. The zero-order chi connectivity index (χ0) is 14.8. The molecule has 0 aromatic carbocycles. The molecule has 0 spiro atoms. The topological polar surface area (TPSA) is 59.7 Å². The quantitative estimate of drug-likeness (QED) is 0.742. The summed E-state index contributed by atoms with van der Waals surface area (Å²) in [5, 5.41) is 0. The molecule has 110 valence electrons. The van der Waals surface area contributed by atoms with Gasteiger partial charge >= 0.3 is 0 Å². The van der Waals surface area contributed by atoms with Crippen LogP contribution < -0.4 is 4.90 Å². The highest BCUT2D eigenvalue weighted by Gasteiger charge is 2.29. The van der Waals surface area contributed by atoms with Gasteiger partial charge in [0.15, 0.2) is 0 Å². The molecule has 6 nitrogen and oxygen atoms in total. The van der Waals surface area contributed by atoms with Crippen molar-refractivity contribution in [3.05, 3.63) is 61.1 Å². The molecule has 3 aromatic rings. The number of hydrogen-bond acceptors (Lipinski definition) is 5. The molecule has 0 amide bonds. The van der Waals surface area contributed by atoms with E-state index in [-0.39, 0.29) is 6.04 Å². The van der Waals surface area contributed by atoms with Crippen LogP contribution >= 0.6 is 0 Å². The van der Waals surface area contributed by atoms with Crippen LogP contribution in [0.5, 0.6) is 0 Å². The predicted octanol–water partition coefficient (Wildman–Crippen LogP) is 2.40. The van der Waals surface area contributed by atoms with Gasteiger partial charge in [0.05, 0.1) is 11.7 Å². The Balaban J connectivity index is 1.68. The second-order valence-electron chi connectivity index (χ2n) is 5.29. The van der Waals surface area contributed by atoms with E-state index in [1.807, 2.05) is 29.0 Å². The smallest absolute Gasteiger partial charge is 0.225 e. The van der Waals surface area contributed by atoms with Crippen LogP contribution in [0, 0.1) is 0 Å². The molecule has 0 radical (unpaired) electrons. The van der Waals surface area contributed by atoms with E-state index in [2.05, 4.69) is 25.9 Å². The molecule has 1 saturated heterocycles. The SMILES string of the molecule is c1cnc(N2CCC[C@@H]2c2cccc(-n3ccnc3)n2)nc1. The van der Waals surface area contributed by atoms with Crippen molar-refractivity contribution in [2.24, 2.45) is 0 Å². The molecule has 0 bridgehead atoms. The Morgan fingerprint density at radius 1 is 1.05 bits per heavy atom. The molecule has 1 fully saturated rings. The van der Waals surface area contributed by atoms with E-state index in [9.17, 15) is 0 Å². The number of pyridine rings is 1. The largest absolute Gasteiger partial charge is 0.332 e. The van der Waals surface area contributed by atoms with Crippen LogP contribution in [0.2, 0.25) is 0 Å². The van der Waals surface area contributed by atoms with Crippen molar-refractivity contribution in [2.75, 3.05) is 11.4 Å². The first-order valence-electron chi connectivity index (χ1n) is 7.41. The summed E-state index contributed by atoms with van der Waals surface area (Å²) >= 11 is 0. The molecule has 1 aliphatic rings. The first-order valence-corrected chi connectivity index (χ1v) is 7.41. The monoisotopic (exact) mass is 292 g/mol.